The fourth-order valence-electron chi connectivity index (χ4n) is 2.02. The Hall–Kier alpha value is -2.53. The summed E-state index contributed by atoms with van der Waals surface area (Å²) in [5.41, 5.74) is 3.53. The normalized spacial score (nSPS) is 11.1. The van der Waals surface area contributed by atoms with Crippen LogP contribution in [0.1, 0.15) is 16.1 Å². The van der Waals surface area contributed by atoms with Crippen LogP contribution < -0.4 is 5.32 Å². The van der Waals surface area contributed by atoms with E-state index in [1.807, 2.05) is 42.6 Å². The lowest BCUT2D eigenvalue weighted by atomic mass is 10.3. The van der Waals surface area contributed by atoms with Gasteiger partial charge in [-0.25, -0.2) is 4.98 Å². The van der Waals surface area contributed by atoms with Crippen molar-refractivity contribution in [2.75, 3.05) is 0 Å². The number of rotatable bonds is 4. The van der Waals surface area contributed by atoms with Crippen molar-refractivity contribution < 1.29 is 4.79 Å². The molecule has 3 aromatic rings. The largest absolute Gasteiger partial charge is 0.348 e. The van der Waals surface area contributed by atoms with Crippen molar-refractivity contribution in [1.29, 1.82) is 0 Å². The van der Waals surface area contributed by atoms with Gasteiger partial charge in [-0.05, 0) is 42.1 Å². The summed E-state index contributed by atoms with van der Waals surface area (Å²) in [6.45, 7) is 2.59. The third kappa shape index (κ3) is 3.38. The Balaban J connectivity index is 1.64. The zero-order valence-corrected chi connectivity index (χ0v) is 12.9. The molecule has 0 spiro atoms. The molecule has 0 aliphatic carbocycles. The van der Waals surface area contributed by atoms with Gasteiger partial charge < -0.3 is 5.32 Å². The van der Waals surface area contributed by atoms with Crippen molar-refractivity contribution in [2.45, 2.75) is 13.5 Å². The summed E-state index contributed by atoms with van der Waals surface area (Å²) >= 11 is 1.65. The summed E-state index contributed by atoms with van der Waals surface area (Å²) < 4.78 is 0. The molecule has 3 rings (SSSR count). The second-order valence-corrected chi connectivity index (χ2v) is 5.86. The molecule has 0 fully saturated rings. The van der Waals surface area contributed by atoms with E-state index in [0.717, 1.165) is 11.0 Å². The lowest BCUT2D eigenvalue weighted by Gasteiger charge is -2.01. The fourth-order valence-corrected chi connectivity index (χ4v) is 2.87. The van der Waals surface area contributed by atoms with Gasteiger partial charge in [0.1, 0.15) is 0 Å². The molecule has 1 aromatic carbocycles. The van der Waals surface area contributed by atoms with Crippen LogP contribution in [0.5, 0.6) is 0 Å². The molecular weight excluding hydrogens is 294 g/mol. The van der Waals surface area contributed by atoms with Crippen molar-refractivity contribution in [3.05, 3.63) is 64.1 Å². The zero-order valence-electron chi connectivity index (χ0n) is 12.1. The highest BCUT2D eigenvalue weighted by Crippen LogP contribution is 2.14. The molecule has 110 valence electrons. The standard InChI is InChI=1S/C17H15N3OS/c1-12-8-9-22-16(12)11-19-17(21)7-6-13-10-18-14-4-2-3-5-15(14)20-13/h2-10H,11H2,1H3,(H,19,21)/b7-6+. The summed E-state index contributed by atoms with van der Waals surface area (Å²) in [7, 11) is 0. The van der Waals surface area contributed by atoms with Crippen LogP contribution in [0.2, 0.25) is 0 Å². The van der Waals surface area contributed by atoms with Gasteiger partial charge in [0.05, 0.1) is 29.5 Å². The summed E-state index contributed by atoms with van der Waals surface area (Å²) in [6, 6.07) is 9.70. The smallest absolute Gasteiger partial charge is 0.244 e. The predicted molar refractivity (Wildman–Crippen MR) is 89.5 cm³/mol. The molecular formula is C17H15N3OS. The number of thiophene rings is 1. The van der Waals surface area contributed by atoms with E-state index >= 15 is 0 Å². The number of benzene rings is 1. The highest BCUT2D eigenvalue weighted by molar-refractivity contribution is 7.10. The van der Waals surface area contributed by atoms with Crippen molar-refractivity contribution in [3.8, 4) is 0 Å². The first-order valence-electron chi connectivity index (χ1n) is 6.93. The highest BCUT2D eigenvalue weighted by atomic mass is 32.1. The lowest BCUT2D eigenvalue weighted by Crippen LogP contribution is -2.19. The van der Waals surface area contributed by atoms with E-state index in [-0.39, 0.29) is 5.91 Å². The zero-order chi connectivity index (χ0) is 15.4. The summed E-state index contributed by atoms with van der Waals surface area (Å²) in [5, 5.41) is 4.89. The highest BCUT2D eigenvalue weighted by Gasteiger charge is 2.02. The average Bonchev–Trinajstić information content (AvgIpc) is 2.96. The van der Waals surface area contributed by atoms with Gasteiger partial charge in [-0.1, -0.05) is 12.1 Å². The number of carbonyl (C=O) groups is 1. The molecule has 0 aliphatic heterocycles. The van der Waals surface area contributed by atoms with Crippen LogP contribution in [0, 0.1) is 6.92 Å². The Bertz CT molecular complexity index is 839. The third-order valence-electron chi connectivity index (χ3n) is 3.26. The van der Waals surface area contributed by atoms with E-state index in [9.17, 15) is 4.79 Å². The first kappa shape index (κ1) is 14.4. The summed E-state index contributed by atoms with van der Waals surface area (Å²) in [5.74, 6) is -0.136. The topological polar surface area (TPSA) is 54.9 Å². The molecule has 2 heterocycles. The van der Waals surface area contributed by atoms with Crippen LogP contribution >= 0.6 is 11.3 Å². The maximum Gasteiger partial charge on any atom is 0.244 e. The van der Waals surface area contributed by atoms with Gasteiger partial charge in [0.15, 0.2) is 0 Å². The maximum atomic E-state index is 11.8. The minimum atomic E-state index is -0.136. The molecule has 5 heteroatoms. The number of fused-ring (bicyclic) bond motifs is 1. The van der Waals surface area contributed by atoms with Gasteiger partial charge in [-0.2, -0.15) is 0 Å². The van der Waals surface area contributed by atoms with E-state index in [0.29, 0.717) is 12.2 Å². The van der Waals surface area contributed by atoms with E-state index in [1.165, 1.54) is 16.5 Å². The van der Waals surface area contributed by atoms with E-state index in [1.54, 1.807) is 23.6 Å². The van der Waals surface area contributed by atoms with Crippen molar-refractivity contribution >= 4 is 34.4 Å². The third-order valence-corrected chi connectivity index (χ3v) is 4.29. The predicted octanol–water partition coefficient (Wildman–Crippen LogP) is 3.33. The fraction of sp³-hybridized carbons (Fsp3) is 0.118. The number of hydrogen-bond donors (Lipinski definition) is 1. The van der Waals surface area contributed by atoms with Crippen LogP contribution in [0.15, 0.2) is 48.0 Å². The molecule has 0 saturated heterocycles. The second kappa shape index (κ2) is 6.49. The molecule has 0 atom stereocenters. The number of aryl methyl sites for hydroxylation is 1. The molecule has 2 aromatic heterocycles. The Labute approximate surface area is 132 Å². The number of amides is 1. The number of hydrogen-bond acceptors (Lipinski definition) is 4. The molecule has 1 amide bonds. The van der Waals surface area contributed by atoms with Crippen LogP contribution in [-0.4, -0.2) is 15.9 Å². The first-order chi connectivity index (χ1) is 10.7. The van der Waals surface area contributed by atoms with Crippen molar-refractivity contribution in [3.63, 3.8) is 0 Å². The minimum Gasteiger partial charge on any atom is -0.348 e. The molecule has 0 bridgehead atoms. The number of carbonyl (C=O) groups excluding carboxylic acids is 1. The molecule has 0 radical (unpaired) electrons. The first-order valence-corrected chi connectivity index (χ1v) is 7.81. The van der Waals surface area contributed by atoms with Gasteiger partial charge in [0.2, 0.25) is 5.91 Å². The van der Waals surface area contributed by atoms with Crippen LogP contribution in [0.25, 0.3) is 17.1 Å². The molecule has 0 saturated carbocycles. The SMILES string of the molecule is Cc1ccsc1CNC(=O)/C=C/c1cnc2ccccc2n1. The van der Waals surface area contributed by atoms with Gasteiger partial charge in [0.25, 0.3) is 0 Å². The number of aromatic nitrogens is 2. The Morgan fingerprint density at radius 3 is 2.86 bits per heavy atom. The Kier molecular flexibility index (Phi) is 4.25. The Morgan fingerprint density at radius 1 is 1.27 bits per heavy atom. The number of para-hydroxylation sites is 2. The summed E-state index contributed by atoms with van der Waals surface area (Å²) in [4.78, 5) is 21.8. The van der Waals surface area contributed by atoms with E-state index < -0.39 is 0 Å². The van der Waals surface area contributed by atoms with Gasteiger partial charge in [-0.3, -0.25) is 9.78 Å². The number of nitrogens with one attached hydrogen (secondary N) is 1. The molecule has 0 unspecified atom stereocenters. The second-order valence-electron chi connectivity index (χ2n) is 4.86. The van der Waals surface area contributed by atoms with Gasteiger partial charge in [0, 0.05) is 11.0 Å². The van der Waals surface area contributed by atoms with E-state index in [2.05, 4.69) is 15.3 Å². The Morgan fingerprint density at radius 2 is 2.09 bits per heavy atom. The molecule has 1 N–H and O–H groups in total. The van der Waals surface area contributed by atoms with E-state index in [4.69, 9.17) is 0 Å². The van der Waals surface area contributed by atoms with Crippen molar-refractivity contribution in [1.82, 2.24) is 15.3 Å². The van der Waals surface area contributed by atoms with Gasteiger partial charge in [-0.15, -0.1) is 11.3 Å². The number of nitrogens with zero attached hydrogens (tertiary/aromatic N) is 2. The molecule has 22 heavy (non-hydrogen) atoms. The minimum absolute atomic E-state index is 0.136. The van der Waals surface area contributed by atoms with Crippen LogP contribution in [0.3, 0.4) is 0 Å². The van der Waals surface area contributed by atoms with Crippen molar-refractivity contribution in [2.24, 2.45) is 0 Å². The van der Waals surface area contributed by atoms with Crippen LogP contribution in [-0.2, 0) is 11.3 Å². The molecule has 0 aliphatic rings. The quantitative estimate of drug-likeness (QED) is 0.752. The average molecular weight is 309 g/mol. The molecule has 4 nitrogen and oxygen atoms in total. The lowest BCUT2D eigenvalue weighted by molar-refractivity contribution is -0.116. The maximum absolute atomic E-state index is 11.8. The monoisotopic (exact) mass is 309 g/mol. The van der Waals surface area contributed by atoms with Gasteiger partial charge >= 0.3 is 0 Å². The van der Waals surface area contributed by atoms with Crippen LogP contribution in [0.4, 0.5) is 0 Å². The summed E-state index contributed by atoms with van der Waals surface area (Å²) in [6.07, 6.45) is 4.83.